The predicted octanol–water partition coefficient (Wildman–Crippen LogP) is 3.69. The number of carbonyl (C=O) groups is 1. The number of carbonyl (C=O) groups excluding carboxylic acids is 1. The second-order valence-electron chi connectivity index (χ2n) is 4.97. The van der Waals surface area contributed by atoms with Gasteiger partial charge in [-0.25, -0.2) is 0 Å². The number of hydrogen-bond donors (Lipinski definition) is 0. The van der Waals surface area contributed by atoms with E-state index in [2.05, 4.69) is 0 Å². The summed E-state index contributed by atoms with van der Waals surface area (Å²) < 4.78 is 0. The van der Waals surface area contributed by atoms with Gasteiger partial charge in [-0.15, -0.1) is 11.6 Å². The van der Waals surface area contributed by atoms with Crippen molar-refractivity contribution in [2.75, 3.05) is 13.1 Å². The van der Waals surface area contributed by atoms with E-state index in [9.17, 15) is 4.79 Å². The van der Waals surface area contributed by atoms with Gasteiger partial charge in [0.2, 0.25) is 0 Å². The minimum absolute atomic E-state index is 0.144. The molecular weight excluding hydrogens is 246 g/mol. The topological polar surface area (TPSA) is 20.3 Å². The van der Waals surface area contributed by atoms with Crippen molar-refractivity contribution >= 4 is 17.5 Å². The van der Waals surface area contributed by atoms with Crippen LogP contribution in [0.25, 0.3) is 0 Å². The van der Waals surface area contributed by atoms with Crippen LogP contribution in [0.2, 0.25) is 0 Å². The third kappa shape index (κ3) is 3.05. The van der Waals surface area contributed by atoms with Gasteiger partial charge in [0.25, 0.3) is 5.91 Å². The molecule has 98 valence electrons. The second-order valence-corrected chi connectivity index (χ2v) is 5.24. The highest BCUT2D eigenvalue weighted by Gasteiger charge is 2.23. The molecule has 18 heavy (non-hydrogen) atoms. The molecule has 1 aromatic rings. The molecule has 0 aromatic heterocycles. The average molecular weight is 266 g/mol. The molecule has 0 aliphatic heterocycles. The smallest absolute Gasteiger partial charge is 0.253 e. The molecule has 0 saturated heterocycles. The maximum absolute atomic E-state index is 12.3. The average Bonchev–Trinajstić information content (AvgIpc) is 2.37. The lowest BCUT2D eigenvalue weighted by Gasteiger charge is -2.31. The summed E-state index contributed by atoms with van der Waals surface area (Å²) in [6, 6.07) is 7.61. The number of alkyl halides is 1. The van der Waals surface area contributed by atoms with Crippen LogP contribution >= 0.6 is 11.6 Å². The number of halogens is 1. The fourth-order valence-electron chi connectivity index (χ4n) is 2.26. The van der Waals surface area contributed by atoms with Gasteiger partial charge in [-0.1, -0.05) is 18.6 Å². The van der Waals surface area contributed by atoms with Crippen LogP contribution in [-0.2, 0) is 5.88 Å². The van der Waals surface area contributed by atoms with Crippen LogP contribution < -0.4 is 0 Å². The first-order valence-electron chi connectivity index (χ1n) is 6.68. The van der Waals surface area contributed by atoms with E-state index in [0.717, 1.165) is 30.1 Å². The maximum atomic E-state index is 12.3. The summed E-state index contributed by atoms with van der Waals surface area (Å²) >= 11 is 5.75. The predicted molar refractivity (Wildman–Crippen MR) is 74.9 cm³/mol. The van der Waals surface area contributed by atoms with E-state index in [4.69, 9.17) is 11.6 Å². The Morgan fingerprint density at radius 1 is 1.33 bits per heavy atom. The van der Waals surface area contributed by atoms with E-state index in [1.54, 1.807) is 0 Å². The molecule has 1 aliphatic carbocycles. The van der Waals surface area contributed by atoms with Crippen LogP contribution in [0.3, 0.4) is 0 Å². The zero-order valence-electron chi connectivity index (χ0n) is 10.9. The number of nitrogens with zero attached hydrogens (tertiary/aromatic N) is 1. The first kappa shape index (κ1) is 13.4. The Bertz CT molecular complexity index is 397. The van der Waals surface area contributed by atoms with Gasteiger partial charge in [-0.05, 0) is 43.4 Å². The van der Waals surface area contributed by atoms with E-state index in [-0.39, 0.29) is 5.91 Å². The monoisotopic (exact) mass is 265 g/mol. The van der Waals surface area contributed by atoms with Crippen molar-refractivity contribution < 1.29 is 4.79 Å². The van der Waals surface area contributed by atoms with Gasteiger partial charge in [-0.2, -0.15) is 0 Å². The molecule has 1 fully saturated rings. The van der Waals surface area contributed by atoms with Crippen molar-refractivity contribution in [3.8, 4) is 0 Å². The van der Waals surface area contributed by atoms with Crippen molar-refractivity contribution in [1.82, 2.24) is 4.90 Å². The van der Waals surface area contributed by atoms with Gasteiger partial charge in [0.05, 0.1) is 0 Å². The minimum Gasteiger partial charge on any atom is -0.339 e. The van der Waals surface area contributed by atoms with Gasteiger partial charge in [0.15, 0.2) is 0 Å². The molecule has 3 heteroatoms. The SMILES string of the molecule is CCN(CC1CCC1)C(=O)c1ccc(CCl)cc1. The molecule has 1 aliphatic rings. The fourth-order valence-corrected chi connectivity index (χ4v) is 2.44. The van der Waals surface area contributed by atoms with Crippen LogP contribution in [0.5, 0.6) is 0 Å². The molecule has 0 bridgehead atoms. The van der Waals surface area contributed by atoms with Crippen LogP contribution in [0.4, 0.5) is 0 Å². The number of benzene rings is 1. The lowest BCUT2D eigenvalue weighted by Crippen LogP contribution is -2.37. The van der Waals surface area contributed by atoms with Gasteiger partial charge < -0.3 is 4.90 Å². The highest BCUT2D eigenvalue weighted by molar-refractivity contribution is 6.17. The summed E-state index contributed by atoms with van der Waals surface area (Å²) in [5, 5.41) is 0. The van der Waals surface area contributed by atoms with Crippen molar-refractivity contribution in [2.24, 2.45) is 5.92 Å². The first-order valence-corrected chi connectivity index (χ1v) is 7.22. The summed E-state index contributed by atoms with van der Waals surface area (Å²) in [6.07, 6.45) is 3.87. The second kappa shape index (κ2) is 6.24. The molecule has 1 saturated carbocycles. The van der Waals surface area contributed by atoms with E-state index in [1.807, 2.05) is 36.1 Å². The van der Waals surface area contributed by atoms with Gasteiger partial charge in [0.1, 0.15) is 0 Å². The summed E-state index contributed by atoms with van der Waals surface area (Å²) in [5.74, 6) is 1.36. The third-order valence-corrected chi connectivity index (χ3v) is 4.04. The van der Waals surface area contributed by atoms with Crippen molar-refractivity contribution in [2.45, 2.75) is 32.1 Å². The van der Waals surface area contributed by atoms with Crippen LogP contribution in [0.15, 0.2) is 24.3 Å². The zero-order valence-corrected chi connectivity index (χ0v) is 11.6. The van der Waals surface area contributed by atoms with E-state index >= 15 is 0 Å². The van der Waals surface area contributed by atoms with Crippen LogP contribution in [0, 0.1) is 5.92 Å². The fraction of sp³-hybridized carbons (Fsp3) is 0.533. The number of rotatable bonds is 5. The van der Waals surface area contributed by atoms with Crippen molar-refractivity contribution in [3.63, 3.8) is 0 Å². The molecule has 0 atom stereocenters. The largest absolute Gasteiger partial charge is 0.339 e. The Hall–Kier alpha value is -1.02. The molecule has 1 aromatic carbocycles. The Kier molecular flexibility index (Phi) is 4.65. The van der Waals surface area contributed by atoms with Crippen molar-refractivity contribution in [1.29, 1.82) is 0 Å². The zero-order chi connectivity index (χ0) is 13.0. The standard InChI is InChI=1S/C15H20ClNO/c1-2-17(11-13-4-3-5-13)15(18)14-8-6-12(10-16)7-9-14/h6-9,13H,2-5,10-11H2,1H3. The van der Waals surface area contributed by atoms with E-state index in [0.29, 0.717) is 5.88 Å². The maximum Gasteiger partial charge on any atom is 0.253 e. The Labute approximate surface area is 114 Å². The summed E-state index contributed by atoms with van der Waals surface area (Å²) in [6.45, 7) is 3.74. The Morgan fingerprint density at radius 2 is 2.00 bits per heavy atom. The Morgan fingerprint density at radius 3 is 2.44 bits per heavy atom. The molecule has 1 amide bonds. The molecule has 0 N–H and O–H groups in total. The molecule has 2 rings (SSSR count). The molecule has 0 heterocycles. The minimum atomic E-state index is 0.144. The van der Waals surface area contributed by atoms with Gasteiger partial charge >= 0.3 is 0 Å². The molecule has 0 unspecified atom stereocenters. The summed E-state index contributed by atoms with van der Waals surface area (Å²) in [7, 11) is 0. The van der Waals surface area contributed by atoms with Gasteiger partial charge in [0, 0.05) is 24.5 Å². The highest BCUT2D eigenvalue weighted by Crippen LogP contribution is 2.27. The number of hydrogen-bond acceptors (Lipinski definition) is 1. The Balaban J connectivity index is 2.02. The van der Waals surface area contributed by atoms with Crippen molar-refractivity contribution in [3.05, 3.63) is 35.4 Å². The molecule has 0 spiro atoms. The number of amides is 1. The molecular formula is C15H20ClNO. The molecule has 0 radical (unpaired) electrons. The van der Waals surface area contributed by atoms with Crippen LogP contribution in [0.1, 0.15) is 42.1 Å². The summed E-state index contributed by atoms with van der Waals surface area (Å²) in [4.78, 5) is 14.3. The first-order chi connectivity index (χ1) is 8.74. The molecule has 2 nitrogen and oxygen atoms in total. The van der Waals surface area contributed by atoms with E-state index < -0.39 is 0 Å². The normalized spacial score (nSPS) is 15.2. The highest BCUT2D eigenvalue weighted by atomic mass is 35.5. The lowest BCUT2D eigenvalue weighted by atomic mass is 9.85. The van der Waals surface area contributed by atoms with Crippen LogP contribution in [-0.4, -0.2) is 23.9 Å². The van der Waals surface area contributed by atoms with Gasteiger partial charge in [-0.3, -0.25) is 4.79 Å². The lowest BCUT2D eigenvalue weighted by molar-refractivity contribution is 0.0706. The third-order valence-electron chi connectivity index (χ3n) is 3.73. The summed E-state index contributed by atoms with van der Waals surface area (Å²) in [5.41, 5.74) is 1.82. The quantitative estimate of drug-likeness (QED) is 0.744. The van der Waals surface area contributed by atoms with E-state index in [1.165, 1.54) is 19.3 Å².